The molecule has 3 rings (SSSR count). The second-order valence-corrected chi connectivity index (χ2v) is 5.08. The van der Waals surface area contributed by atoms with Gasteiger partial charge in [-0.15, -0.1) is 0 Å². The normalized spacial score (nSPS) is 17.9. The first-order valence-electron chi connectivity index (χ1n) is 6.77. The van der Waals surface area contributed by atoms with Gasteiger partial charge in [0.1, 0.15) is 0 Å². The summed E-state index contributed by atoms with van der Waals surface area (Å²) in [6.07, 6.45) is 1.23. The molecule has 1 atom stereocenters. The minimum absolute atomic E-state index is 0.143. The van der Waals surface area contributed by atoms with Gasteiger partial charge < -0.3 is 15.3 Å². The van der Waals surface area contributed by atoms with Gasteiger partial charge in [0.15, 0.2) is 0 Å². The number of likely N-dealkylation sites (tertiary alicyclic amines) is 1. The number of carbonyl (C=O) groups is 2. The topological polar surface area (TPSA) is 82.5 Å². The van der Waals surface area contributed by atoms with Crippen molar-refractivity contribution in [1.82, 2.24) is 9.88 Å². The van der Waals surface area contributed by atoms with E-state index >= 15 is 0 Å². The van der Waals surface area contributed by atoms with Gasteiger partial charge in [0.2, 0.25) is 5.91 Å². The summed E-state index contributed by atoms with van der Waals surface area (Å²) in [6, 6.07) is 9.32. The quantitative estimate of drug-likeness (QED) is 0.886. The van der Waals surface area contributed by atoms with E-state index in [0.29, 0.717) is 18.7 Å². The molecule has 0 aliphatic carbocycles. The fraction of sp³-hybridized carbons (Fsp3) is 0.267. The van der Waals surface area contributed by atoms with E-state index in [4.69, 9.17) is 5.11 Å². The van der Waals surface area contributed by atoms with Crippen LogP contribution in [0.5, 0.6) is 0 Å². The first-order chi connectivity index (χ1) is 10.1. The molecule has 1 saturated heterocycles. The minimum Gasteiger partial charge on any atom is -0.465 e. The predicted octanol–water partition coefficient (Wildman–Crippen LogP) is 2.17. The lowest BCUT2D eigenvalue weighted by atomic mass is 10.1. The highest BCUT2D eigenvalue weighted by atomic mass is 16.4. The number of hydrogen-bond donors (Lipinski definition) is 2. The number of para-hydroxylation sites is 1. The van der Waals surface area contributed by atoms with Crippen LogP contribution in [-0.2, 0) is 4.79 Å². The van der Waals surface area contributed by atoms with Crippen molar-refractivity contribution in [3.63, 3.8) is 0 Å². The van der Waals surface area contributed by atoms with E-state index in [9.17, 15) is 9.59 Å². The molecule has 6 nitrogen and oxygen atoms in total. The number of nitrogens with one attached hydrogen (secondary N) is 1. The number of aromatic nitrogens is 1. The third kappa shape index (κ3) is 2.65. The van der Waals surface area contributed by atoms with Gasteiger partial charge in [-0.3, -0.25) is 9.78 Å². The summed E-state index contributed by atoms with van der Waals surface area (Å²) < 4.78 is 0. The lowest BCUT2D eigenvalue weighted by molar-refractivity contribution is -0.119. The highest BCUT2D eigenvalue weighted by Gasteiger charge is 2.31. The Morgan fingerprint density at radius 1 is 1.29 bits per heavy atom. The summed E-state index contributed by atoms with van der Waals surface area (Å²) in [5, 5.41) is 12.7. The van der Waals surface area contributed by atoms with Crippen LogP contribution in [0.4, 0.5) is 10.5 Å². The number of fused-ring (bicyclic) bond motifs is 1. The van der Waals surface area contributed by atoms with E-state index in [1.165, 1.54) is 4.90 Å². The molecule has 0 bridgehead atoms. The number of amides is 2. The molecular formula is C15H15N3O3. The second-order valence-electron chi connectivity index (χ2n) is 5.08. The Kier molecular flexibility index (Phi) is 3.43. The third-order valence-corrected chi connectivity index (χ3v) is 3.74. The Bertz CT molecular complexity index is 696. The van der Waals surface area contributed by atoms with Crippen molar-refractivity contribution in [2.75, 3.05) is 18.4 Å². The van der Waals surface area contributed by atoms with Gasteiger partial charge in [0.05, 0.1) is 17.1 Å². The smallest absolute Gasteiger partial charge is 0.407 e. The molecule has 1 aliphatic rings. The number of hydrogen-bond acceptors (Lipinski definition) is 3. The first-order valence-corrected chi connectivity index (χ1v) is 6.77. The predicted molar refractivity (Wildman–Crippen MR) is 78.1 cm³/mol. The lowest BCUT2D eigenvalue weighted by Gasteiger charge is -2.13. The van der Waals surface area contributed by atoms with Crippen molar-refractivity contribution in [3.8, 4) is 0 Å². The molecule has 1 aliphatic heterocycles. The summed E-state index contributed by atoms with van der Waals surface area (Å²) >= 11 is 0. The highest BCUT2D eigenvalue weighted by molar-refractivity contribution is 6.01. The van der Waals surface area contributed by atoms with Crippen LogP contribution in [0.1, 0.15) is 6.42 Å². The van der Waals surface area contributed by atoms with Crippen molar-refractivity contribution in [3.05, 3.63) is 36.5 Å². The van der Waals surface area contributed by atoms with E-state index in [1.54, 1.807) is 12.3 Å². The molecule has 0 saturated carbocycles. The fourth-order valence-corrected chi connectivity index (χ4v) is 2.59. The van der Waals surface area contributed by atoms with Gasteiger partial charge in [-0.05, 0) is 18.6 Å². The zero-order valence-corrected chi connectivity index (χ0v) is 11.3. The average Bonchev–Trinajstić information content (AvgIpc) is 2.98. The van der Waals surface area contributed by atoms with Gasteiger partial charge in [-0.25, -0.2) is 4.79 Å². The zero-order chi connectivity index (χ0) is 14.8. The number of nitrogens with zero attached hydrogens (tertiary/aromatic N) is 2. The molecule has 2 aromatic rings. The molecule has 108 valence electrons. The monoisotopic (exact) mass is 285 g/mol. The van der Waals surface area contributed by atoms with Crippen LogP contribution in [-0.4, -0.2) is 40.1 Å². The van der Waals surface area contributed by atoms with E-state index in [0.717, 1.165) is 10.9 Å². The SMILES string of the molecule is O=C(Nc1ccnc2ccccc12)[C@@H]1CCN(C(=O)O)C1. The minimum atomic E-state index is -0.973. The van der Waals surface area contributed by atoms with Crippen LogP contribution in [0.25, 0.3) is 10.9 Å². The summed E-state index contributed by atoms with van der Waals surface area (Å²) in [5.41, 5.74) is 1.52. The van der Waals surface area contributed by atoms with Crippen LogP contribution in [0, 0.1) is 5.92 Å². The average molecular weight is 285 g/mol. The van der Waals surface area contributed by atoms with Crippen LogP contribution >= 0.6 is 0 Å². The van der Waals surface area contributed by atoms with E-state index < -0.39 is 6.09 Å². The van der Waals surface area contributed by atoms with Gasteiger partial charge >= 0.3 is 6.09 Å². The number of rotatable bonds is 2. The summed E-state index contributed by atoms with van der Waals surface area (Å²) in [6.45, 7) is 0.661. The van der Waals surface area contributed by atoms with Crippen LogP contribution in [0.3, 0.4) is 0 Å². The van der Waals surface area contributed by atoms with E-state index in [-0.39, 0.29) is 18.4 Å². The van der Waals surface area contributed by atoms with Crippen molar-refractivity contribution in [1.29, 1.82) is 0 Å². The van der Waals surface area contributed by atoms with Crippen LogP contribution < -0.4 is 5.32 Å². The summed E-state index contributed by atoms with van der Waals surface area (Å²) in [7, 11) is 0. The number of benzene rings is 1. The lowest BCUT2D eigenvalue weighted by Crippen LogP contribution is -2.30. The number of pyridine rings is 1. The molecule has 6 heteroatoms. The van der Waals surface area contributed by atoms with Gasteiger partial charge in [-0.1, -0.05) is 18.2 Å². The molecule has 0 radical (unpaired) electrons. The molecule has 1 aromatic carbocycles. The van der Waals surface area contributed by atoms with Crippen LogP contribution in [0.15, 0.2) is 36.5 Å². The second kappa shape index (κ2) is 5.40. The van der Waals surface area contributed by atoms with Crippen LogP contribution in [0.2, 0.25) is 0 Å². The maximum absolute atomic E-state index is 12.3. The third-order valence-electron chi connectivity index (χ3n) is 3.74. The highest BCUT2D eigenvalue weighted by Crippen LogP contribution is 2.23. The van der Waals surface area contributed by atoms with Crippen molar-refractivity contribution >= 4 is 28.6 Å². The Morgan fingerprint density at radius 3 is 2.86 bits per heavy atom. The number of carbonyl (C=O) groups excluding carboxylic acids is 1. The van der Waals surface area contributed by atoms with Crippen molar-refractivity contribution in [2.45, 2.75) is 6.42 Å². The van der Waals surface area contributed by atoms with E-state index in [2.05, 4.69) is 10.3 Å². The Balaban J connectivity index is 1.77. The van der Waals surface area contributed by atoms with E-state index in [1.807, 2.05) is 24.3 Å². The molecule has 2 heterocycles. The molecule has 1 fully saturated rings. The van der Waals surface area contributed by atoms with Crippen molar-refractivity contribution < 1.29 is 14.7 Å². The zero-order valence-electron chi connectivity index (χ0n) is 11.3. The first kappa shape index (κ1) is 13.4. The summed E-state index contributed by atoms with van der Waals surface area (Å²) in [5.74, 6) is -0.442. The summed E-state index contributed by atoms with van der Waals surface area (Å²) in [4.78, 5) is 28.7. The Morgan fingerprint density at radius 2 is 2.10 bits per heavy atom. The molecule has 0 unspecified atom stereocenters. The maximum atomic E-state index is 12.3. The van der Waals surface area contributed by atoms with Crippen molar-refractivity contribution in [2.24, 2.45) is 5.92 Å². The Hall–Kier alpha value is -2.63. The molecule has 0 spiro atoms. The van der Waals surface area contributed by atoms with Gasteiger partial charge in [0, 0.05) is 24.7 Å². The van der Waals surface area contributed by atoms with Gasteiger partial charge in [0.25, 0.3) is 0 Å². The molecule has 2 amide bonds. The Labute approximate surface area is 121 Å². The number of carboxylic acid groups (broad SMARTS) is 1. The standard InChI is InChI=1S/C15H15N3O3/c19-14(10-6-8-18(9-10)15(20)21)17-13-5-7-16-12-4-2-1-3-11(12)13/h1-5,7,10H,6,8-9H2,(H,20,21)(H,16,17,19)/t10-/m1/s1. The molecular weight excluding hydrogens is 270 g/mol. The fourth-order valence-electron chi connectivity index (χ4n) is 2.59. The molecule has 21 heavy (non-hydrogen) atoms. The largest absolute Gasteiger partial charge is 0.465 e. The number of anilines is 1. The van der Waals surface area contributed by atoms with Gasteiger partial charge in [-0.2, -0.15) is 0 Å². The molecule has 2 N–H and O–H groups in total. The maximum Gasteiger partial charge on any atom is 0.407 e. The molecule has 1 aromatic heterocycles.